The molecule has 0 fully saturated rings. The minimum absolute atomic E-state index is 0.116. The fourth-order valence-corrected chi connectivity index (χ4v) is 2.53. The molecule has 0 aliphatic heterocycles. The molecule has 126 valence electrons. The lowest BCUT2D eigenvalue weighted by atomic mass is 10.1. The Hall–Kier alpha value is -1.82. The number of hydrogen-bond donors (Lipinski definition) is 0. The zero-order chi connectivity index (χ0) is 16.8. The second kappa shape index (κ2) is 12.7. The predicted molar refractivity (Wildman–Crippen MR) is 96.4 cm³/mol. The quantitative estimate of drug-likeness (QED) is 0.209. The summed E-state index contributed by atoms with van der Waals surface area (Å²) in [6.45, 7) is 2.25. The highest BCUT2D eigenvalue weighted by Gasteiger charge is 2.01. The third kappa shape index (κ3) is 9.73. The molecule has 0 spiro atoms. The molecule has 0 radical (unpaired) electrons. The number of hydrogen-bond acceptors (Lipinski definition) is 2. The summed E-state index contributed by atoms with van der Waals surface area (Å²) in [5.41, 5.74) is 0.966. The summed E-state index contributed by atoms with van der Waals surface area (Å²) in [6, 6.07) is 6.43. The molecule has 3 nitrogen and oxygen atoms in total. The van der Waals surface area contributed by atoms with Crippen molar-refractivity contribution in [1.82, 2.24) is 0 Å². The first-order chi connectivity index (χ1) is 11.2. The zero-order valence-corrected chi connectivity index (χ0v) is 14.4. The molecule has 0 saturated carbocycles. The molecule has 0 heterocycles. The summed E-state index contributed by atoms with van der Waals surface area (Å²) in [5.74, 6) is 6.22. The Kier molecular flexibility index (Phi) is 10.6. The van der Waals surface area contributed by atoms with Gasteiger partial charge in [0.15, 0.2) is 0 Å². The number of rotatable bonds is 11. The van der Waals surface area contributed by atoms with Crippen molar-refractivity contribution in [3.05, 3.63) is 39.9 Å². The molecule has 0 aliphatic rings. The Morgan fingerprint density at radius 1 is 0.870 bits per heavy atom. The van der Waals surface area contributed by atoms with Gasteiger partial charge in [-0.3, -0.25) is 10.1 Å². The van der Waals surface area contributed by atoms with Gasteiger partial charge in [-0.2, -0.15) is 0 Å². The molecule has 0 saturated heterocycles. The van der Waals surface area contributed by atoms with Crippen LogP contribution in [0, 0.1) is 22.0 Å². The number of nitro groups is 1. The molecule has 1 aromatic carbocycles. The van der Waals surface area contributed by atoms with E-state index in [1.807, 2.05) is 0 Å². The lowest BCUT2D eigenvalue weighted by Crippen LogP contribution is -1.86. The van der Waals surface area contributed by atoms with Crippen LogP contribution in [0.15, 0.2) is 24.3 Å². The molecule has 0 atom stereocenters. The fourth-order valence-electron chi connectivity index (χ4n) is 2.53. The van der Waals surface area contributed by atoms with E-state index in [1.54, 1.807) is 12.1 Å². The van der Waals surface area contributed by atoms with Crippen molar-refractivity contribution in [2.45, 2.75) is 77.6 Å². The van der Waals surface area contributed by atoms with Gasteiger partial charge >= 0.3 is 0 Å². The minimum Gasteiger partial charge on any atom is -0.258 e. The summed E-state index contributed by atoms with van der Waals surface area (Å²) in [5, 5.41) is 10.6. The van der Waals surface area contributed by atoms with Gasteiger partial charge in [-0.1, -0.05) is 76.6 Å². The molecular weight excluding hydrogens is 286 g/mol. The molecule has 1 aromatic rings. The lowest BCUT2D eigenvalue weighted by molar-refractivity contribution is -0.384. The van der Waals surface area contributed by atoms with Gasteiger partial charge < -0.3 is 0 Å². The number of nitrogens with zero attached hydrogens (tertiary/aromatic N) is 1. The van der Waals surface area contributed by atoms with Gasteiger partial charge in [0.25, 0.3) is 5.69 Å². The van der Waals surface area contributed by atoms with Gasteiger partial charge in [-0.05, 0) is 18.6 Å². The summed E-state index contributed by atoms with van der Waals surface area (Å²) in [6.07, 6.45) is 14.2. The summed E-state index contributed by atoms with van der Waals surface area (Å²) in [7, 11) is 0. The van der Waals surface area contributed by atoms with Gasteiger partial charge in [0.2, 0.25) is 0 Å². The van der Waals surface area contributed by atoms with E-state index in [0.717, 1.165) is 18.4 Å². The van der Waals surface area contributed by atoms with E-state index in [0.29, 0.717) is 0 Å². The molecule has 0 amide bonds. The van der Waals surface area contributed by atoms with Crippen molar-refractivity contribution in [3.8, 4) is 11.8 Å². The maximum absolute atomic E-state index is 10.6. The number of nitro benzene ring substituents is 1. The summed E-state index contributed by atoms with van der Waals surface area (Å²) >= 11 is 0. The Labute approximate surface area is 140 Å². The van der Waals surface area contributed by atoms with Crippen LogP contribution in [0.5, 0.6) is 0 Å². The average molecular weight is 315 g/mol. The molecular formula is C20H29NO2. The van der Waals surface area contributed by atoms with Crippen molar-refractivity contribution < 1.29 is 4.92 Å². The highest BCUT2D eigenvalue weighted by atomic mass is 16.6. The van der Waals surface area contributed by atoms with Crippen LogP contribution < -0.4 is 0 Å². The Morgan fingerprint density at radius 3 is 1.91 bits per heavy atom. The van der Waals surface area contributed by atoms with Crippen LogP contribution in [-0.4, -0.2) is 4.92 Å². The van der Waals surface area contributed by atoms with Crippen molar-refractivity contribution in [2.24, 2.45) is 0 Å². The van der Waals surface area contributed by atoms with Gasteiger partial charge in [0.05, 0.1) is 4.92 Å². The first kappa shape index (κ1) is 19.2. The van der Waals surface area contributed by atoms with Gasteiger partial charge in [0.1, 0.15) is 0 Å². The van der Waals surface area contributed by atoms with Crippen LogP contribution in [0.25, 0.3) is 0 Å². The van der Waals surface area contributed by atoms with Crippen molar-refractivity contribution in [1.29, 1.82) is 0 Å². The molecule has 0 N–H and O–H groups in total. The van der Waals surface area contributed by atoms with E-state index in [1.165, 1.54) is 69.9 Å². The summed E-state index contributed by atoms with van der Waals surface area (Å²) < 4.78 is 0. The Balaban J connectivity index is 2.02. The third-order valence-electron chi connectivity index (χ3n) is 3.97. The van der Waals surface area contributed by atoms with E-state index >= 15 is 0 Å². The first-order valence-corrected chi connectivity index (χ1v) is 8.97. The third-order valence-corrected chi connectivity index (χ3v) is 3.97. The number of benzene rings is 1. The van der Waals surface area contributed by atoms with Crippen LogP contribution >= 0.6 is 0 Å². The van der Waals surface area contributed by atoms with E-state index in [4.69, 9.17) is 0 Å². The molecule has 1 rings (SSSR count). The fraction of sp³-hybridized carbons (Fsp3) is 0.600. The Bertz CT molecular complexity index is 497. The number of non-ortho nitro benzene ring substituents is 1. The van der Waals surface area contributed by atoms with Crippen molar-refractivity contribution in [2.75, 3.05) is 0 Å². The number of unbranched alkanes of at least 4 members (excludes halogenated alkanes) is 10. The standard InChI is InChI=1S/C20H29NO2/c1-2-3-4-5-6-7-8-9-10-11-12-13-14-19-15-17-20(18-16-19)21(22)23/h15-18H,2-12H2,1H3. The molecule has 0 bridgehead atoms. The van der Waals surface area contributed by atoms with Crippen LogP contribution in [0.1, 0.15) is 83.1 Å². The van der Waals surface area contributed by atoms with E-state index < -0.39 is 0 Å². The molecule has 0 unspecified atom stereocenters. The van der Waals surface area contributed by atoms with Crippen LogP contribution in [-0.2, 0) is 0 Å². The second-order valence-electron chi connectivity index (χ2n) is 6.04. The monoisotopic (exact) mass is 315 g/mol. The highest BCUT2D eigenvalue weighted by molar-refractivity contribution is 5.40. The van der Waals surface area contributed by atoms with Crippen molar-refractivity contribution in [3.63, 3.8) is 0 Å². The zero-order valence-electron chi connectivity index (χ0n) is 14.4. The van der Waals surface area contributed by atoms with Gasteiger partial charge in [0, 0.05) is 24.1 Å². The maximum atomic E-state index is 10.6. The molecule has 23 heavy (non-hydrogen) atoms. The van der Waals surface area contributed by atoms with Gasteiger partial charge in [-0.15, -0.1) is 0 Å². The predicted octanol–water partition coefficient (Wildman–Crippen LogP) is 6.26. The maximum Gasteiger partial charge on any atom is 0.269 e. The van der Waals surface area contributed by atoms with Crippen LogP contribution in [0.2, 0.25) is 0 Å². The lowest BCUT2D eigenvalue weighted by Gasteiger charge is -2.00. The SMILES string of the molecule is CCCCCCCCCCCCC#Cc1ccc([N+](=O)[O-])cc1. The topological polar surface area (TPSA) is 43.1 Å². The van der Waals surface area contributed by atoms with Crippen molar-refractivity contribution >= 4 is 5.69 Å². The second-order valence-corrected chi connectivity index (χ2v) is 6.04. The smallest absolute Gasteiger partial charge is 0.258 e. The van der Waals surface area contributed by atoms with E-state index in [9.17, 15) is 10.1 Å². The molecule has 0 aliphatic carbocycles. The summed E-state index contributed by atoms with van der Waals surface area (Å²) in [4.78, 5) is 10.2. The minimum atomic E-state index is -0.388. The van der Waals surface area contributed by atoms with Crippen LogP contribution in [0.3, 0.4) is 0 Å². The van der Waals surface area contributed by atoms with Gasteiger partial charge in [-0.25, -0.2) is 0 Å². The van der Waals surface area contributed by atoms with E-state index in [2.05, 4.69) is 18.8 Å². The first-order valence-electron chi connectivity index (χ1n) is 8.97. The Morgan fingerprint density at radius 2 is 1.39 bits per heavy atom. The average Bonchev–Trinajstić information content (AvgIpc) is 2.56. The molecule has 3 heteroatoms. The highest BCUT2D eigenvalue weighted by Crippen LogP contribution is 2.12. The molecule has 0 aromatic heterocycles. The largest absolute Gasteiger partial charge is 0.269 e. The normalized spacial score (nSPS) is 10.1. The van der Waals surface area contributed by atoms with Crippen LogP contribution in [0.4, 0.5) is 5.69 Å². The van der Waals surface area contributed by atoms with E-state index in [-0.39, 0.29) is 10.6 Å².